The molecule has 2 aliphatic heterocycles. The van der Waals surface area contributed by atoms with Crippen LogP contribution in [0.1, 0.15) is 13.3 Å². The fraction of sp³-hybridized carbons (Fsp3) is 0.375. The molecule has 120 valence electrons. The minimum Gasteiger partial charge on any atom is -0.339 e. The fourth-order valence-electron chi connectivity index (χ4n) is 2.67. The molecule has 3 rings (SSSR count). The van der Waals surface area contributed by atoms with E-state index in [2.05, 4.69) is 10.3 Å². The van der Waals surface area contributed by atoms with E-state index in [1.807, 2.05) is 23.1 Å². The molecule has 3 aliphatic rings. The number of aliphatic imine (C=N–C) groups is 1. The summed E-state index contributed by atoms with van der Waals surface area (Å²) in [7, 11) is 0. The summed E-state index contributed by atoms with van der Waals surface area (Å²) in [5.74, 6) is 0.419. The van der Waals surface area contributed by atoms with Crippen molar-refractivity contribution in [3.63, 3.8) is 0 Å². The second-order valence-corrected chi connectivity index (χ2v) is 6.08. The van der Waals surface area contributed by atoms with Crippen LogP contribution in [0.25, 0.3) is 0 Å². The third-order valence-corrected chi connectivity index (χ3v) is 4.44. The molecule has 0 atom stereocenters. The predicted molar refractivity (Wildman–Crippen MR) is 91.9 cm³/mol. The van der Waals surface area contributed by atoms with Crippen molar-refractivity contribution >= 4 is 34.9 Å². The minimum absolute atomic E-state index is 0.0773. The predicted octanol–water partition coefficient (Wildman–Crippen LogP) is 0.776. The molecule has 23 heavy (non-hydrogen) atoms. The second kappa shape index (κ2) is 6.45. The van der Waals surface area contributed by atoms with Gasteiger partial charge in [0.15, 0.2) is 0 Å². The minimum atomic E-state index is -0.216. The highest BCUT2D eigenvalue weighted by atomic mass is 32.1. The van der Waals surface area contributed by atoms with E-state index in [4.69, 9.17) is 12.2 Å². The highest BCUT2D eigenvalue weighted by Crippen LogP contribution is 2.17. The van der Waals surface area contributed by atoms with Crippen molar-refractivity contribution in [2.45, 2.75) is 13.3 Å². The molecule has 1 aliphatic carbocycles. The number of nitrogens with one attached hydrogen (secondary N) is 1. The first-order valence-electron chi connectivity index (χ1n) is 7.57. The van der Waals surface area contributed by atoms with Gasteiger partial charge in [-0.3, -0.25) is 14.9 Å². The van der Waals surface area contributed by atoms with Crippen LogP contribution in [0.15, 0.2) is 40.6 Å². The van der Waals surface area contributed by atoms with E-state index in [0.29, 0.717) is 37.8 Å². The molecule has 2 amide bonds. The maximum atomic E-state index is 12.1. The van der Waals surface area contributed by atoms with Crippen LogP contribution in [0.3, 0.4) is 0 Å². The summed E-state index contributed by atoms with van der Waals surface area (Å²) in [5.41, 5.74) is 1.23. The normalized spacial score (nSPS) is 23.1. The van der Waals surface area contributed by atoms with E-state index < -0.39 is 0 Å². The lowest BCUT2D eigenvalue weighted by molar-refractivity contribution is -0.130. The third-order valence-electron chi connectivity index (χ3n) is 4.04. The van der Waals surface area contributed by atoms with Crippen LogP contribution in [-0.2, 0) is 9.59 Å². The standard InChI is InChI=1S/C16H18N4O2S/c1-11(21)19-6-8-20(9-7-19)16-17-13(15(22)18-16)10-12-4-2-3-5-14(12)23/h2-4,10H,5-9H2,1H3,(H,17,18,22). The molecule has 0 saturated carbocycles. The van der Waals surface area contributed by atoms with Crippen LogP contribution in [0, 0.1) is 0 Å². The molecule has 0 aromatic carbocycles. The molecule has 1 saturated heterocycles. The van der Waals surface area contributed by atoms with Gasteiger partial charge < -0.3 is 9.80 Å². The van der Waals surface area contributed by atoms with Crippen LogP contribution >= 0.6 is 12.2 Å². The summed E-state index contributed by atoms with van der Waals surface area (Å²) >= 11 is 5.30. The molecule has 0 aromatic rings. The van der Waals surface area contributed by atoms with E-state index >= 15 is 0 Å². The van der Waals surface area contributed by atoms with E-state index in [0.717, 1.165) is 16.9 Å². The number of allylic oxidation sites excluding steroid dienone is 5. The summed E-state index contributed by atoms with van der Waals surface area (Å²) in [6, 6.07) is 0. The Morgan fingerprint density at radius 3 is 2.74 bits per heavy atom. The largest absolute Gasteiger partial charge is 0.339 e. The van der Waals surface area contributed by atoms with E-state index in [-0.39, 0.29) is 11.8 Å². The Kier molecular flexibility index (Phi) is 4.38. The van der Waals surface area contributed by atoms with Crippen molar-refractivity contribution < 1.29 is 9.59 Å². The number of guanidine groups is 1. The van der Waals surface area contributed by atoms with Crippen molar-refractivity contribution in [2.75, 3.05) is 26.2 Å². The zero-order chi connectivity index (χ0) is 16.4. The topological polar surface area (TPSA) is 65.0 Å². The number of rotatable bonds is 1. The van der Waals surface area contributed by atoms with Gasteiger partial charge in [-0.25, -0.2) is 4.99 Å². The summed E-state index contributed by atoms with van der Waals surface area (Å²) < 4.78 is 0. The molecule has 2 heterocycles. The molecule has 0 spiro atoms. The zero-order valence-corrected chi connectivity index (χ0v) is 13.7. The molecule has 0 unspecified atom stereocenters. The first kappa shape index (κ1) is 15.6. The Hall–Kier alpha value is -2.28. The van der Waals surface area contributed by atoms with E-state index in [9.17, 15) is 9.59 Å². The van der Waals surface area contributed by atoms with Crippen LogP contribution in [0.4, 0.5) is 0 Å². The number of hydrogen-bond donors (Lipinski definition) is 1. The van der Waals surface area contributed by atoms with Crippen LogP contribution in [0.5, 0.6) is 0 Å². The van der Waals surface area contributed by atoms with E-state index in [1.165, 1.54) is 0 Å². The maximum Gasteiger partial charge on any atom is 0.276 e. The Bertz CT molecular complexity index is 682. The molecule has 1 N–H and O–H groups in total. The number of amides is 2. The van der Waals surface area contributed by atoms with Crippen LogP contribution < -0.4 is 5.32 Å². The Morgan fingerprint density at radius 2 is 2.09 bits per heavy atom. The van der Waals surface area contributed by atoms with E-state index in [1.54, 1.807) is 17.9 Å². The summed E-state index contributed by atoms with van der Waals surface area (Å²) in [5, 5.41) is 2.80. The number of nitrogens with zero attached hydrogens (tertiary/aromatic N) is 3. The molecular weight excluding hydrogens is 312 g/mol. The number of carbonyl (C=O) groups excluding carboxylic acids is 2. The number of carbonyl (C=O) groups is 2. The number of hydrogen-bond acceptors (Lipinski definition) is 5. The van der Waals surface area contributed by atoms with Gasteiger partial charge in [-0.05, 0) is 11.6 Å². The van der Waals surface area contributed by atoms with Gasteiger partial charge in [0.2, 0.25) is 11.9 Å². The average molecular weight is 330 g/mol. The number of piperazine rings is 1. The van der Waals surface area contributed by atoms with Crippen molar-refractivity contribution in [2.24, 2.45) is 4.99 Å². The highest BCUT2D eigenvalue weighted by Gasteiger charge is 2.28. The van der Waals surface area contributed by atoms with Crippen molar-refractivity contribution in [3.05, 3.63) is 35.6 Å². The van der Waals surface area contributed by atoms with Gasteiger partial charge in [-0.15, -0.1) is 0 Å². The first-order chi connectivity index (χ1) is 11.0. The molecule has 0 bridgehead atoms. The smallest absolute Gasteiger partial charge is 0.276 e. The van der Waals surface area contributed by atoms with Crippen molar-refractivity contribution in [1.29, 1.82) is 0 Å². The van der Waals surface area contributed by atoms with Gasteiger partial charge in [0.05, 0.1) is 0 Å². The quantitative estimate of drug-likeness (QED) is 0.570. The van der Waals surface area contributed by atoms with Crippen LogP contribution in [-0.4, -0.2) is 58.6 Å². The Morgan fingerprint density at radius 1 is 1.35 bits per heavy atom. The third kappa shape index (κ3) is 3.39. The lowest BCUT2D eigenvalue weighted by Crippen LogP contribution is -2.52. The monoisotopic (exact) mass is 330 g/mol. The molecule has 1 fully saturated rings. The van der Waals surface area contributed by atoms with Gasteiger partial charge in [-0.2, -0.15) is 0 Å². The average Bonchev–Trinajstić information content (AvgIpc) is 2.91. The molecular formula is C16H18N4O2S. The summed E-state index contributed by atoms with van der Waals surface area (Å²) in [4.78, 5) is 32.5. The molecule has 0 aromatic heterocycles. The summed E-state index contributed by atoms with van der Waals surface area (Å²) in [6.07, 6.45) is 8.27. The fourth-order valence-corrected chi connectivity index (χ4v) is 2.90. The Labute approximate surface area is 140 Å². The van der Waals surface area contributed by atoms with Gasteiger partial charge in [0, 0.05) is 44.4 Å². The lowest BCUT2D eigenvalue weighted by Gasteiger charge is -2.34. The van der Waals surface area contributed by atoms with Gasteiger partial charge in [0.1, 0.15) is 5.70 Å². The SMILES string of the molecule is CC(=O)N1CCN(C2=NC(=CC3=CC=CCC3=S)C(=O)N2)CC1. The zero-order valence-electron chi connectivity index (χ0n) is 12.9. The van der Waals surface area contributed by atoms with Crippen molar-refractivity contribution in [3.8, 4) is 0 Å². The second-order valence-electron chi connectivity index (χ2n) is 5.59. The van der Waals surface area contributed by atoms with Gasteiger partial charge in [-0.1, -0.05) is 30.4 Å². The van der Waals surface area contributed by atoms with Crippen molar-refractivity contribution in [1.82, 2.24) is 15.1 Å². The Balaban J connectivity index is 1.72. The first-order valence-corrected chi connectivity index (χ1v) is 7.97. The molecule has 6 nitrogen and oxygen atoms in total. The van der Waals surface area contributed by atoms with Crippen LogP contribution in [0.2, 0.25) is 0 Å². The number of thiocarbonyl (C=S) groups is 1. The highest BCUT2D eigenvalue weighted by molar-refractivity contribution is 7.80. The molecule has 0 radical (unpaired) electrons. The van der Waals surface area contributed by atoms with Gasteiger partial charge in [0.25, 0.3) is 5.91 Å². The maximum absolute atomic E-state index is 12.1. The summed E-state index contributed by atoms with van der Waals surface area (Å²) in [6.45, 7) is 4.18. The lowest BCUT2D eigenvalue weighted by atomic mass is 10.0. The van der Waals surface area contributed by atoms with Gasteiger partial charge >= 0.3 is 0 Å². The molecule has 7 heteroatoms.